The number of nitrogens with two attached hydrogens (primary N) is 1. The lowest BCUT2D eigenvalue weighted by Gasteiger charge is -2.10. The van der Waals surface area contributed by atoms with Gasteiger partial charge in [-0.2, -0.15) is 12.6 Å². The van der Waals surface area contributed by atoms with Gasteiger partial charge < -0.3 is 5.73 Å². The molecule has 0 radical (unpaired) electrons. The summed E-state index contributed by atoms with van der Waals surface area (Å²) in [6, 6.07) is 0. The average molecular weight is 127 g/mol. The van der Waals surface area contributed by atoms with E-state index in [0.29, 0.717) is 0 Å². The fourth-order valence-corrected chi connectivity index (χ4v) is 0.842. The molecular formula is C6H9NS. The van der Waals surface area contributed by atoms with Gasteiger partial charge in [0, 0.05) is 10.9 Å². The summed E-state index contributed by atoms with van der Waals surface area (Å²) in [6.07, 6.45) is 6.88. The van der Waals surface area contributed by atoms with E-state index in [1.165, 1.54) is 0 Å². The van der Waals surface area contributed by atoms with Gasteiger partial charge in [-0.3, -0.25) is 0 Å². The molecule has 0 saturated carbocycles. The zero-order valence-electron chi connectivity index (χ0n) is 4.54. The largest absolute Gasteiger partial charge is 0.401 e. The quantitative estimate of drug-likeness (QED) is 0.468. The molecule has 1 atom stereocenters. The van der Waals surface area contributed by atoms with Crippen LogP contribution in [0.3, 0.4) is 0 Å². The predicted molar refractivity (Wildman–Crippen MR) is 38.8 cm³/mol. The van der Waals surface area contributed by atoms with Crippen molar-refractivity contribution in [1.82, 2.24) is 0 Å². The van der Waals surface area contributed by atoms with E-state index in [4.69, 9.17) is 5.73 Å². The number of hydrogen-bond donors (Lipinski definition) is 2. The van der Waals surface area contributed by atoms with Crippen LogP contribution in [0.1, 0.15) is 6.42 Å². The molecule has 1 nitrogen and oxygen atoms in total. The Balaban J connectivity index is 2.66. The van der Waals surface area contributed by atoms with Gasteiger partial charge in [0.15, 0.2) is 0 Å². The fourth-order valence-electron chi connectivity index (χ4n) is 0.634. The van der Waals surface area contributed by atoms with Gasteiger partial charge in [0.25, 0.3) is 0 Å². The molecule has 0 aromatic heterocycles. The second-order valence-electron chi connectivity index (χ2n) is 1.85. The summed E-state index contributed by atoms with van der Waals surface area (Å²) >= 11 is 4.21. The van der Waals surface area contributed by atoms with E-state index in [9.17, 15) is 0 Å². The molecule has 0 heterocycles. The molecule has 1 rings (SSSR count). The lowest BCUT2D eigenvalue weighted by molar-refractivity contribution is 0.971. The maximum Gasteiger partial charge on any atom is 0.0447 e. The minimum Gasteiger partial charge on any atom is -0.401 e. The molecule has 0 aromatic carbocycles. The standard InChI is InChI=1S/C6H9NS/c7-5-3-1-2-4-6(5)8/h1-3,6,8H,4,7H2/t6-/m0/s1. The van der Waals surface area contributed by atoms with Crippen LogP contribution in [0.15, 0.2) is 23.9 Å². The number of allylic oxidation sites excluding steroid dienone is 3. The molecule has 0 amide bonds. The van der Waals surface area contributed by atoms with Crippen LogP contribution in [-0.4, -0.2) is 5.25 Å². The maximum absolute atomic E-state index is 5.51. The SMILES string of the molecule is NC1=CC=CC[C@@H]1S. The van der Waals surface area contributed by atoms with Crippen molar-refractivity contribution >= 4 is 12.6 Å². The van der Waals surface area contributed by atoms with Crippen molar-refractivity contribution in [3.05, 3.63) is 23.9 Å². The molecule has 0 aromatic rings. The molecule has 8 heavy (non-hydrogen) atoms. The third-order valence-electron chi connectivity index (χ3n) is 1.17. The van der Waals surface area contributed by atoms with Crippen LogP contribution in [0.25, 0.3) is 0 Å². The maximum atomic E-state index is 5.51. The van der Waals surface area contributed by atoms with E-state index >= 15 is 0 Å². The molecule has 0 bridgehead atoms. The molecule has 44 valence electrons. The summed E-state index contributed by atoms with van der Waals surface area (Å²) in [7, 11) is 0. The van der Waals surface area contributed by atoms with Crippen LogP contribution in [0, 0.1) is 0 Å². The lowest BCUT2D eigenvalue weighted by Crippen LogP contribution is -2.12. The van der Waals surface area contributed by atoms with Crippen molar-refractivity contribution in [1.29, 1.82) is 0 Å². The highest BCUT2D eigenvalue weighted by atomic mass is 32.1. The Bertz CT molecular complexity index is 137. The van der Waals surface area contributed by atoms with Gasteiger partial charge in [-0.05, 0) is 12.5 Å². The predicted octanol–water partition coefficient (Wildman–Crippen LogP) is 1.09. The molecule has 0 unspecified atom stereocenters. The van der Waals surface area contributed by atoms with Gasteiger partial charge in [-0.25, -0.2) is 0 Å². The molecule has 0 spiro atoms. The normalized spacial score (nSPS) is 27.6. The summed E-state index contributed by atoms with van der Waals surface area (Å²) in [6.45, 7) is 0. The molecule has 0 aliphatic heterocycles. The first kappa shape index (κ1) is 5.76. The average Bonchev–Trinajstić information content (AvgIpc) is 1.77. The molecule has 2 heteroatoms. The highest BCUT2D eigenvalue weighted by Crippen LogP contribution is 2.12. The molecule has 1 aliphatic rings. The van der Waals surface area contributed by atoms with Gasteiger partial charge >= 0.3 is 0 Å². The Labute approximate surface area is 54.7 Å². The molecule has 2 N–H and O–H groups in total. The zero-order valence-corrected chi connectivity index (χ0v) is 5.44. The van der Waals surface area contributed by atoms with Crippen molar-refractivity contribution in [2.75, 3.05) is 0 Å². The second-order valence-corrected chi connectivity index (χ2v) is 2.47. The van der Waals surface area contributed by atoms with Crippen molar-refractivity contribution in [2.45, 2.75) is 11.7 Å². The van der Waals surface area contributed by atoms with Crippen LogP contribution in [0.2, 0.25) is 0 Å². The van der Waals surface area contributed by atoms with Gasteiger partial charge in [0.2, 0.25) is 0 Å². The summed E-state index contributed by atoms with van der Waals surface area (Å²) in [5, 5.41) is 0.250. The Kier molecular flexibility index (Phi) is 1.63. The van der Waals surface area contributed by atoms with E-state index < -0.39 is 0 Å². The van der Waals surface area contributed by atoms with E-state index in [2.05, 4.69) is 18.7 Å². The lowest BCUT2D eigenvalue weighted by atomic mass is 10.1. The van der Waals surface area contributed by atoms with Crippen LogP contribution in [-0.2, 0) is 0 Å². The number of hydrogen-bond acceptors (Lipinski definition) is 2. The minimum absolute atomic E-state index is 0.250. The summed E-state index contributed by atoms with van der Waals surface area (Å²) < 4.78 is 0. The Morgan fingerprint density at radius 3 is 2.88 bits per heavy atom. The summed E-state index contributed by atoms with van der Waals surface area (Å²) in [5.41, 5.74) is 6.38. The van der Waals surface area contributed by atoms with Gasteiger partial charge in [0.1, 0.15) is 0 Å². The van der Waals surface area contributed by atoms with Gasteiger partial charge in [-0.15, -0.1) is 0 Å². The summed E-state index contributed by atoms with van der Waals surface area (Å²) in [4.78, 5) is 0. The third kappa shape index (κ3) is 1.07. The molecule has 0 fully saturated rings. The molecule has 1 aliphatic carbocycles. The van der Waals surface area contributed by atoms with Crippen LogP contribution in [0.5, 0.6) is 0 Å². The smallest absolute Gasteiger partial charge is 0.0447 e. The molecule has 0 saturated heterocycles. The monoisotopic (exact) mass is 127 g/mol. The summed E-state index contributed by atoms with van der Waals surface area (Å²) in [5.74, 6) is 0. The first-order valence-corrected chi connectivity index (χ1v) is 3.12. The van der Waals surface area contributed by atoms with Crippen molar-refractivity contribution in [3.8, 4) is 0 Å². The Hall–Kier alpha value is -0.370. The fraction of sp³-hybridized carbons (Fsp3) is 0.333. The highest BCUT2D eigenvalue weighted by Gasteiger charge is 2.04. The zero-order chi connectivity index (χ0) is 5.98. The first-order chi connectivity index (χ1) is 3.80. The van der Waals surface area contributed by atoms with Crippen LogP contribution >= 0.6 is 12.6 Å². The van der Waals surface area contributed by atoms with Crippen LogP contribution < -0.4 is 5.73 Å². The Morgan fingerprint density at radius 2 is 2.50 bits per heavy atom. The van der Waals surface area contributed by atoms with E-state index in [0.717, 1.165) is 12.1 Å². The Morgan fingerprint density at radius 1 is 1.75 bits per heavy atom. The number of rotatable bonds is 0. The molecular weight excluding hydrogens is 118 g/mol. The highest BCUT2D eigenvalue weighted by molar-refractivity contribution is 7.81. The van der Waals surface area contributed by atoms with Gasteiger partial charge in [0.05, 0.1) is 0 Å². The second kappa shape index (κ2) is 2.27. The van der Waals surface area contributed by atoms with Crippen LogP contribution in [0.4, 0.5) is 0 Å². The van der Waals surface area contributed by atoms with Crippen molar-refractivity contribution in [2.24, 2.45) is 5.73 Å². The van der Waals surface area contributed by atoms with E-state index in [-0.39, 0.29) is 5.25 Å². The minimum atomic E-state index is 0.250. The third-order valence-corrected chi connectivity index (χ3v) is 1.68. The van der Waals surface area contributed by atoms with E-state index in [1.807, 2.05) is 12.2 Å². The van der Waals surface area contributed by atoms with Gasteiger partial charge in [-0.1, -0.05) is 12.2 Å². The topological polar surface area (TPSA) is 26.0 Å². The van der Waals surface area contributed by atoms with Crippen molar-refractivity contribution < 1.29 is 0 Å². The van der Waals surface area contributed by atoms with Crippen molar-refractivity contribution in [3.63, 3.8) is 0 Å². The first-order valence-electron chi connectivity index (χ1n) is 2.61. The number of thiol groups is 1. The van der Waals surface area contributed by atoms with E-state index in [1.54, 1.807) is 0 Å².